The minimum absolute atomic E-state index is 0.481. The van der Waals surface area contributed by atoms with Crippen LogP contribution in [0.1, 0.15) is 41.1 Å². The molecule has 0 saturated heterocycles. The average Bonchev–Trinajstić information content (AvgIpc) is 2.88. The summed E-state index contributed by atoms with van der Waals surface area (Å²) in [7, 11) is 0. The number of hydrogen-bond donors (Lipinski definition) is 0. The molecule has 0 bridgehead atoms. The van der Waals surface area contributed by atoms with Crippen molar-refractivity contribution in [2.24, 2.45) is 0 Å². The van der Waals surface area contributed by atoms with E-state index in [1.807, 2.05) is 0 Å². The van der Waals surface area contributed by atoms with Gasteiger partial charge in [-0.25, -0.2) is 4.98 Å². The lowest BCUT2D eigenvalue weighted by Gasteiger charge is -2.15. The van der Waals surface area contributed by atoms with E-state index < -0.39 is 275 Å². The van der Waals surface area contributed by atoms with Crippen LogP contribution in [0.2, 0.25) is 0 Å². The zero-order valence-corrected chi connectivity index (χ0v) is 25.3. The van der Waals surface area contributed by atoms with Crippen LogP contribution in [0.15, 0.2) is 181 Å². The summed E-state index contributed by atoms with van der Waals surface area (Å²) in [5.74, 6) is -0.839. The van der Waals surface area contributed by atoms with Crippen molar-refractivity contribution in [3.05, 3.63) is 181 Å². The summed E-state index contributed by atoms with van der Waals surface area (Å²) in [5.41, 5.74) is -7.77. The summed E-state index contributed by atoms with van der Waals surface area (Å²) < 4.78 is 274. The van der Waals surface area contributed by atoms with E-state index in [4.69, 9.17) is 26.0 Å². The summed E-state index contributed by atoms with van der Waals surface area (Å²) in [6, 6.07) is -27.6. The molecule has 238 valence electrons. The fourth-order valence-electron chi connectivity index (χ4n) is 6.30. The lowest BCUT2D eigenvalue weighted by atomic mass is 10.0. The molecule has 4 nitrogen and oxygen atoms in total. The first-order chi connectivity index (χ1) is 37.8. The molecule has 4 heteroatoms. The molecule has 0 fully saturated rings. The number of pyridine rings is 1. The Bertz CT molecular complexity index is 4770. The molecular weight excluding hydrogens is 621 g/mol. The number of hydrogen-bond acceptors (Lipinski definition) is 1. The van der Waals surface area contributed by atoms with Crippen molar-refractivity contribution in [2.45, 2.75) is 0 Å². The van der Waals surface area contributed by atoms with Crippen molar-refractivity contribution in [1.29, 1.82) is 0 Å². The molecule has 0 aliphatic carbocycles. The minimum Gasteiger partial charge on any atom is -0.309 e. The van der Waals surface area contributed by atoms with Gasteiger partial charge < -0.3 is 9.13 Å². The smallest absolute Gasteiger partial charge is 0.139 e. The van der Waals surface area contributed by atoms with Crippen molar-refractivity contribution < 1.29 is 41.1 Å². The van der Waals surface area contributed by atoms with Crippen LogP contribution in [0.4, 0.5) is 0 Å². The van der Waals surface area contributed by atoms with Crippen LogP contribution in [-0.2, 0) is 0 Å². The average molecular weight is 681 g/mol. The number of benzene rings is 7. The van der Waals surface area contributed by atoms with Crippen LogP contribution in [0, 0.1) is 0 Å². The van der Waals surface area contributed by atoms with Gasteiger partial charge >= 0.3 is 0 Å². The second-order valence-corrected chi connectivity index (χ2v) is 11.0. The molecule has 4 aromatic heterocycles. The van der Waals surface area contributed by atoms with Crippen molar-refractivity contribution in [3.8, 4) is 28.3 Å². The highest BCUT2D eigenvalue weighted by Crippen LogP contribution is 2.40. The number of aromatic nitrogens is 4. The molecule has 0 aliphatic rings. The van der Waals surface area contributed by atoms with Crippen molar-refractivity contribution in [3.63, 3.8) is 0 Å². The summed E-state index contributed by atoms with van der Waals surface area (Å²) in [6.07, 6.45) is -0.965. The van der Waals surface area contributed by atoms with Gasteiger partial charge in [0.1, 0.15) is 5.82 Å². The molecule has 0 unspecified atom stereocenters. The second kappa shape index (κ2) is 10.8. The molecule has 0 radical (unpaired) electrons. The van der Waals surface area contributed by atoms with Gasteiger partial charge in [0.2, 0.25) is 0 Å². The third-order valence-electron chi connectivity index (χ3n) is 8.36. The van der Waals surface area contributed by atoms with E-state index >= 15 is 0 Å². The number of para-hydroxylation sites is 5. The number of fused-ring (bicyclic) bond motifs is 9. The number of rotatable bonds is 4. The molecule has 51 heavy (non-hydrogen) atoms. The van der Waals surface area contributed by atoms with Crippen LogP contribution >= 0.6 is 0 Å². The fourth-order valence-corrected chi connectivity index (χ4v) is 6.30. The van der Waals surface area contributed by atoms with Gasteiger partial charge in [0.25, 0.3) is 0 Å². The first-order valence-corrected chi connectivity index (χ1v) is 15.0. The van der Waals surface area contributed by atoms with Gasteiger partial charge in [-0.15, -0.1) is 0 Å². The van der Waals surface area contributed by atoms with E-state index in [9.17, 15) is 15.1 Å². The van der Waals surface area contributed by atoms with E-state index in [2.05, 4.69) is 4.98 Å². The van der Waals surface area contributed by atoms with E-state index in [0.29, 0.717) is 9.13 Å². The maximum Gasteiger partial charge on any atom is 0.139 e. The van der Waals surface area contributed by atoms with Gasteiger partial charge in [-0.2, -0.15) is 0 Å². The van der Waals surface area contributed by atoms with Crippen molar-refractivity contribution in [2.75, 3.05) is 0 Å². The standard InChI is InChI=1S/C47H30N4/c1-2-14-31(15-3-1)33-16-4-9-21-40(33)50-42-23-11-5-19-36(42)38-27-26-32(28-45(38)50)49-41-22-10-8-20-37(41)39-30-48-47(29-46(39)49)51-43-24-12-6-17-34(43)35-18-7-13-25-44(35)51/h1-30H/i1D,2D,3D,4D,5D,6D,7D,8D,9D,10D,11D,12D,13D,14D,15D,16D,17D,18D,19D,20D,21D,22D,23D,24D,25D,26D,27D,28D,29D,30D. The zero-order chi connectivity index (χ0) is 59.6. The van der Waals surface area contributed by atoms with E-state index in [1.165, 1.54) is 0 Å². The molecule has 11 rings (SSSR count). The lowest BCUT2D eigenvalue weighted by Crippen LogP contribution is -2.00. The number of nitrogens with zero attached hydrogens (tertiary/aromatic N) is 4. The summed E-state index contributed by atoms with van der Waals surface area (Å²) in [5, 5.41) is -3.48. The zero-order valence-electron chi connectivity index (χ0n) is 55.3. The Kier molecular flexibility index (Phi) is 2.45. The predicted molar refractivity (Wildman–Crippen MR) is 213 cm³/mol. The SMILES string of the molecule is [2H]c1c([2H])c([2H])c(-c2c([2H])c([2H])c([2H])c([2H])c2-n2c3c([2H])c([2H])c([2H])c([2H])c3c3c([2H])c([2H])c(-n4c5c([2H])c(-n6c7c([2H])c([2H])c([2H])c([2H])c7c7c([2H])c([2H])c([2H])c([2H])c76)nc([2H])c5c5c([2H])c([2H])c([2H])c([2H])c54)c([2H])c32)c([2H])c1[2H]. The molecule has 0 aliphatic heterocycles. The Morgan fingerprint density at radius 3 is 1.53 bits per heavy atom. The second-order valence-electron chi connectivity index (χ2n) is 11.0. The Hall–Kier alpha value is -6.91. The van der Waals surface area contributed by atoms with Gasteiger partial charge in [0, 0.05) is 55.8 Å². The highest BCUT2D eigenvalue weighted by molar-refractivity contribution is 6.13. The van der Waals surface area contributed by atoms with E-state index in [1.54, 1.807) is 0 Å². The van der Waals surface area contributed by atoms with Crippen LogP contribution in [0.3, 0.4) is 0 Å². The molecule has 0 amide bonds. The predicted octanol–water partition coefficient (Wildman–Crippen LogP) is 12.0. The maximum absolute atomic E-state index is 10.3. The van der Waals surface area contributed by atoms with Gasteiger partial charge in [-0.3, -0.25) is 4.57 Å². The fraction of sp³-hybridized carbons (Fsp3) is 0. The molecule has 4 heterocycles. The Morgan fingerprint density at radius 1 is 0.373 bits per heavy atom. The Morgan fingerprint density at radius 2 is 0.863 bits per heavy atom. The molecular formula is C47H30N4. The van der Waals surface area contributed by atoms with Crippen LogP contribution in [0.25, 0.3) is 93.7 Å². The Labute approximate surface area is 335 Å². The first-order valence-electron chi connectivity index (χ1n) is 30.0. The quantitative estimate of drug-likeness (QED) is 0.182. The van der Waals surface area contributed by atoms with Crippen LogP contribution in [-0.4, -0.2) is 18.7 Å². The highest BCUT2D eigenvalue weighted by atomic mass is 15.1. The van der Waals surface area contributed by atoms with Gasteiger partial charge in [0.15, 0.2) is 0 Å². The monoisotopic (exact) mass is 680 g/mol. The van der Waals surface area contributed by atoms with Gasteiger partial charge in [-0.1, -0.05) is 127 Å². The Balaban J connectivity index is 1.44. The summed E-state index contributed by atoms with van der Waals surface area (Å²) in [4.78, 5) is 4.32. The van der Waals surface area contributed by atoms with Crippen molar-refractivity contribution >= 4 is 65.4 Å². The molecule has 0 N–H and O–H groups in total. The molecule has 7 aromatic carbocycles. The third-order valence-corrected chi connectivity index (χ3v) is 8.36. The van der Waals surface area contributed by atoms with E-state index in [-0.39, 0.29) is 0 Å². The molecule has 0 saturated carbocycles. The van der Waals surface area contributed by atoms with E-state index in [0.717, 1.165) is 4.57 Å². The third kappa shape index (κ3) is 4.05. The van der Waals surface area contributed by atoms with Crippen LogP contribution in [0.5, 0.6) is 0 Å². The minimum atomic E-state index is -1.10. The topological polar surface area (TPSA) is 27.7 Å². The van der Waals surface area contributed by atoms with Crippen LogP contribution < -0.4 is 0 Å². The maximum atomic E-state index is 10.3. The highest BCUT2D eigenvalue weighted by Gasteiger charge is 2.20. The van der Waals surface area contributed by atoms with Gasteiger partial charge in [0.05, 0.1) is 79.9 Å². The summed E-state index contributed by atoms with van der Waals surface area (Å²) >= 11 is 0. The molecule has 11 aromatic rings. The molecule has 0 spiro atoms. The molecule has 0 atom stereocenters. The van der Waals surface area contributed by atoms with Gasteiger partial charge in [-0.05, 0) is 47.9 Å². The largest absolute Gasteiger partial charge is 0.309 e. The lowest BCUT2D eigenvalue weighted by molar-refractivity contribution is 1.08. The normalized spacial score (nSPS) is 20.2. The first kappa shape index (κ1) is 11.6. The summed E-state index contributed by atoms with van der Waals surface area (Å²) in [6.45, 7) is 0. The van der Waals surface area contributed by atoms with Crippen molar-refractivity contribution in [1.82, 2.24) is 18.7 Å².